The van der Waals surface area contributed by atoms with Crippen molar-refractivity contribution in [1.29, 1.82) is 0 Å². The van der Waals surface area contributed by atoms with Gasteiger partial charge in [0.05, 0.1) is 18.2 Å². The molecule has 0 unspecified atom stereocenters. The number of rotatable bonds is 9. The number of nitrogens with zero attached hydrogens (tertiary/aromatic N) is 4. The van der Waals surface area contributed by atoms with Crippen molar-refractivity contribution in [2.45, 2.75) is 38.1 Å². The SMILES string of the molecule is CCOc1c(Br)cc([C@@H](C[N+](=O)[O-])Sc2nnc(C)n2-c2ccc(C)c(C)c2)cc1OC. The normalized spacial score (nSPS) is 11.9. The number of thioether (sulfide) groups is 1. The monoisotopic (exact) mass is 520 g/mol. The summed E-state index contributed by atoms with van der Waals surface area (Å²) in [5, 5.41) is 20.1. The summed E-state index contributed by atoms with van der Waals surface area (Å²) in [6, 6.07) is 9.72. The maximum absolute atomic E-state index is 11.5. The van der Waals surface area contributed by atoms with Gasteiger partial charge >= 0.3 is 0 Å². The fourth-order valence-corrected chi connectivity index (χ4v) is 4.99. The predicted octanol–water partition coefficient (Wildman–Crippen LogP) is 5.47. The molecular formula is C22H25BrN4O4S. The van der Waals surface area contributed by atoms with Crippen LogP contribution in [-0.2, 0) is 0 Å². The van der Waals surface area contributed by atoms with Crippen molar-refractivity contribution >= 4 is 27.7 Å². The molecule has 0 N–H and O–H groups in total. The van der Waals surface area contributed by atoms with Crippen molar-refractivity contribution in [1.82, 2.24) is 14.8 Å². The molecule has 3 rings (SSSR count). The van der Waals surface area contributed by atoms with E-state index in [1.165, 1.54) is 17.3 Å². The van der Waals surface area contributed by atoms with Gasteiger partial charge in [0.15, 0.2) is 16.7 Å². The van der Waals surface area contributed by atoms with E-state index in [1.54, 1.807) is 13.2 Å². The molecule has 0 spiro atoms. The summed E-state index contributed by atoms with van der Waals surface area (Å²) in [5.74, 6) is 1.79. The van der Waals surface area contributed by atoms with Gasteiger partial charge in [0.1, 0.15) is 11.1 Å². The Hall–Kier alpha value is -2.59. The van der Waals surface area contributed by atoms with Crippen molar-refractivity contribution in [2.24, 2.45) is 0 Å². The lowest BCUT2D eigenvalue weighted by Gasteiger charge is -2.18. The number of methoxy groups -OCH3 is 1. The lowest BCUT2D eigenvalue weighted by atomic mass is 10.1. The van der Waals surface area contributed by atoms with Crippen LogP contribution in [0.15, 0.2) is 40.0 Å². The molecule has 170 valence electrons. The Morgan fingerprint density at radius 2 is 1.94 bits per heavy atom. The van der Waals surface area contributed by atoms with E-state index in [-0.39, 0.29) is 11.5 Å². The molecule has 2 aromatic carbocycles. The average molecular weight is 521 g/mol. The van der Waals surface area contributed by atoms with Gasteiger partial charge in [-0.3, -0.25) is 14.7 Å². The summed E-state index contributed by atoms with van der Waals surface area (Å²) in [5.41, 5.74) is 3.98. The fraction of sp³-hybridized carbons (Fsp3) is 0.364. The summed E-state index contributed by atoms with van der Waals surface area (Å²) in [7, 11) is 1.55. The summed E-state index contributed by atoms with van der Waals surface area (Å²) in [6.07, 6.45) is 0. The molecule has 0 saturated heterocycles. The molecule has 0 amide bonds. The van der Waals surface area contributed by atoms with Crippen LogP contribution in [0.3, 0.4) is 0 Å². The lowest BCUT2D eigenvalue weighted by molar-refractivity contribution is -0.479. The van der Waals surface area contributed by atoms with Gasteiger partial charge in [-0.15, -0.1) is 10.2 Å². The number of aryl methyl sites for hydroxylation is 3. The topological polar surface area (TPSA) is 92.3 Å². The highest BCUT2D eigenvalue weighted by Gasteiger charge is 2.26. The molecule has 0 saturated carbocycles. The largest absolute Gasteiger partial charge is 0.493 e. The number of hydrogen-bond acceptors (Lipinski definition) is 7. The Balaban J connectivity index is 2.04. The van der Waals surface area contributed by atoms with E-state index in [0.717, 1.165) is 16.8 Å². The number of ether oxygens (including phenoxy) is 2. The smallest absolute Gasteiger partial charge is 0.220 e. The quantitative estimate of drug-likeness (QED) is 0.209. The van der Waals surface area contributed by atoms with Crippen LogP contribution in [-0.4, -0.2) is 39.9 Å². The Morgan fingerprint density at radius 3 is 2.56 bits per heavy atom. The van der Waals surface area contributed by atoms with E-state index in [9.17, 15) is 10.1 Å². The molecule has 0 radical (unpaired) electrons. The van der Waals surface area contributed by atoms with E-state index < -0.39 is 5.25 Å². The molecule has 0 aliphatic heterocycles. The summed E-state index contributed by atoms with van der Waals surface area (Å²) >= 11 is 4.81. The number of benzene rings is 2. The maximum Gasteiger partial charge on any atom is 0.220 e. The van der Waals surface area contributed by atoms with Crippen LogP contribution < -0.4 is 9.47 Å². The second kappa shape index (κ2) is 10.4. The van der Waals surface area contributed by atoms with E-state index in [1.807, 2.05) is 43.5 Å². The number of halogens is 1. The summed E-state index contributed by atoms with van der Waals surface area (Å²) in [4.78, 5) is 11.2. The van der Waals surface area contributed by atoms with Gasteiger partial charge in [-0.1, -0.05) is 17.8 Å². The first-order valence-corrected chi connectivity index (χ1v) is 11.7. The van der Waals surface area contributed by atoms with Gasteiger partial charge in [0, 0.05) is 10.6 Å². The Morgan fingerprint density at radius 1 is 1.19 bits per heavy atom. The predicted molar refractivity (Wildman–Crippen MR) is 128 cm³/mol. The van der Waals surface area contributed by atoms with Gasteiger partial charge in [-0.2, -0.15) is 0 Å². The van der Waals surface area contributed by atoms with Crippen LogP contribution in [0.5, 0.6) is 11.5 Å². The average Bonchev–Trinajstić information content (AvgIpc) is 3.10. The molecule has 0 aliphatic rings. The summed E-state index contributed by atoms with van der Waals surface area (Å²) < 4.78 is 13.7. The summed E-state index contributed by atoms with van der Waals surface area (Å²) in [6.45, 7) is 8.04. The van der Waals surface area contributed by atoms with Crippen LogP contribution in [0.1, 0.15) is 34.7 Å². The molecule has 1 heterocycles. The zero-order valence-corrected chi connectivity index (χ0v) is 21.0. The lowest BCUT2D eigenvalue weighted by Crippen LogP contribution is -2.12. The molecule has 1 aromatic heterocycles. The molecule has 10 heteroatoms. The minimum absolute atomic E-state index is 0.285. The van der Waals surface area contributed by atoms with E-state index in [4.69, 9.17) is 9.47 Å². The van der Waals surface area contributed by atoms with Crippen molar-refractivity contribution in [2.75, 3.05) is 20.3 Å². The second-order valence-corrected chi connectivity index (χ2v) is 9.25. The van der Waals surface area contributed by atoms with Gasteiger partial charge in [0.2, 0.25) is 6.54 Å². The van der Waals surface area contributed by atoms with Gasteiger partial charge < -0.3 is 9.47 Å². The first-order valence-electron chi connectivity index (χ1n) is 10.0. The van der Waals surface area contributed by atoms with Crippen molar-refractivity contribution in [3.8, 4) is 17.2 Å². The molecule has 1 atom stereocenters. The highest BCUT2D eigenvalue weighted by molar-refractivity contribution is 9.10. The minimum atomic E-state index is -0.514. The number of aromatic nitrogens is 3. The third-order valence-electron chi connectivity index (χ3n) is 5.02. The second-order valence-electron chi connectivity index (χ2n) is 7.22. The fourth-order valence-electron chi connectivity index (χ4n) is 3.26. The van der Waals surface area contributed by atoms with Crippen LogP contribution in [0, 0.1) is 30.9 Å². The Labute approximate surface area is 199 Å². The van der Waals surface area contributed by atoms with Gasteiger partial charge in [-0.05, 0) is 84.6 Å². The standard InChI is InChI=1S/C22H25BrN4O4S/c1-6-31-21-18(23)10-16(11-19(21)30-5)20(12-26(28)29)32-22-25-24-15(4)27(22)17-8-7-13(2)14(3)9-17/h7-11,20H,6,12H2,1-5H3/t20-/m1/s1. The Kier molecular flexibility index (Phi) is 7.78. The highest BCUT2D eigenvalue weighted by atomic mass is 79.9. The van der Waals surface area contributed by atoms with Crippen molar-refractivity contribution in [3.63, 3.8) is 0 Å². The minimum Gasteiger partial charge on any atom is -0.493 e. The Bertz CT molecular complexity index is 1140. The zero-order valence-electron chi connectivity index (χ0n) is 18.6. The van der Waals surface area contributed by atoms with Crippen LogP contribution >= 0.6 is 27.7 Å². The first kappa shape index (κ1) is 24.1. The van der Waals surface area contributed by atoms with Crippen molar-refractivity contribution < 1.29 is 14.4 Å². The zero-order chi connectivity index (χ0) is 23.4. The van der Waals surface area contributed by atoms with Crippen LogP contribution in [0.2, 0.25) is 0 Å². The van der Waals surface area contributed by atoms with E-state index in [2.05, 4.69) is 39.1 Å². The first-order chi connectivity index (χ1) is 15.2. The molecule has 0 bridgehead atoms. The molecular weight excluding hydrogens is 496 g/mol. The van der Waals surface area contributed by atoms with E-state index >= 15 is 0 Å². The third-order valence-corrected chi connectivity index (χ3v) is 6.79. The van der Waals surface area contributed by atoms with Gasteiger partial charge in [-0.25, -0.2) is 0 Å². The third kappa shape index (κ3) is 5.24. The van der Waals surface area contributed by atoms with Gasteiger partial charge in [0.25, 0.3) is 0 Å². The molecule has 8 nitrogen and oxygen atoms in total. The van der Waals surface area contributed by atoms with Crippen LogP contribution in [0.4, 0.5) is 0 Å². The molecule has 3 aromatic rings. The van der Waals surface area contributed by atoms with E-state index in [0.29, 0.717) is 33.6 Å². The number of hydrogen-bond donors (Lipinski definition) is 0. The maximum atomic E-state index is 11.5. The molecule has 32 heavy (non-hydrogen) atoms. The number of nitro groups is 1. The molecule has 0 fully saturated rings. The molecule has 0 aliphatic carbocycles. The van der Waals surface area contributed by atoms with Crippen LogP contribution in [0.25, 0.3) is 5.69 Å². The van der Waals surface area contributed by atoms with Crippen molar-refractivity contribution in [3.05, 3.63) is 67.4 Å². The highest BCUT2D eigenvalue weighted by Crippen LogP contribution is 2.43.